The Morgan fingerprint density at radius 3 is 2.76 bits per heavy atom. The van der Waals surface area contributed by atoms with Crippen molar-refractivity contribution in [3.05, 3.63) is 17.5 Å². The molecule has 1 aliphatic carbocycles. The van der Waals surface area contributed by atoms with Gasteiger partial charge in [0.2, 0.25) is 0 Å². The van der Waals surface area contributed by atoms with Gasteiger partial charge in [-0.25, -0.2) is 0 Å². The zero-order valence-electron chi connectivity index (χ0n) is 15.6. The van der Waals surface area contributed by atoms with E-state index in [1.54, 1.807) is 4.68 Å². The average molecular weight is 348 g/mol. The van der Waals surface area contributed by atoms with Gasteiger partial charge in [0.05, 0.1) is 5.69 Å². The number of nitrogens with zero attached hydrogens (tertiary/aromatic N) is 3. The zero-order valence-corrected chi connectivity index (χ0v) is 15.6. The molecule has 0 spiro atoms. The van der Waals surface area contributed by atoms with Crippen molar-refractivity contribution in [3.63, 3.8) is 0 Å². The van der Waals surface area contributed by atoms with Crippen LogP contribution < -0.4 is 5.32 Å². The van der Waals surface area contributed by atoms with Crippen LogP contribution in [0.2, 0.25) is 0 Å². The molecular weight excluding hydrogens is 316 g/mol. The smallest absolute Gasteiger partial charge is 0.255 e. The largest absolute Gasteiger partial charge is 0.379 e. The number of carbonyl (C=O) groups excluding carboxylic acids is 1. The van der Waals surface area contributed by atoms with Gasteiger partial charge in [0.1, 0.15) is 0 Å². The highest BCUT2D eigenvalue weighted by Crippen LogP contribution is 2.28. The number of rotatable bonds is 6. The number of aromatic nitrogens is 2. The van der Waals surface area contributed by atoms with E-state index in [-0.39, 0.29) is 5.91 Å². The van der Waals surface area contributed by atoms with E-state index in [4.69, 9.17) is 0 Å². The Hall–Kier alpha value is -1.40. The highest BCUT2D eigenvalue weighted by Gasteiger charge is 2.42. The Morgan fingerprint density at radius 2 is 2.08 bits per heavy atom. The number of amides is 1. The zero-order chi connectivity index (χ0) is 17.9. The second-order valence-corrected chi connectivity index (χ2v) is 7.91. The van der Waals surface area contributed by atoms with Crippen LogP contribution in [-0.4, -0.2) is 50.9 Å². The number of hydrogen-bond donors (Lipinski definition) is 2. The van der Waals surface area contributed by atoms with Gasteiger partial charge in [-0.3, -0.25) is 9.48 Å². The molecule has 0 aromatic carbocycles. The van der Waals surface area contributed by atoms with Crippen molar-refractivity contribution < 1.29 is 9.90 Å². The van der Waals surface area contributed by atoms with E-state index < -0.39 is 5.60 Å². The summed E-state index contributed by atoms with van der Waals surface area (Å²) < 4.78 is 1.79. The molecule has 0 bridgehead atoms. The number of aryl methyl sites for hydroxylation is 2. The predicted molar refractivity (Wildman–Crippen MR) is 97.0 cm³/mol. The minimum atomic E-state index is -1.26. The molecule has 1 saturated carbocycles. The van der Waals surface area contributed by atoms with Crippen LogP contribution in [0.15, 0.2) is 6.20 Å². The topological polar surface area (TPSA) is 70.4 Å². The summed E-state index contributed by atoms with van der Waals surface area (Å²) in [7, 11) is 1.90. The number of piperidine rings is 1. The van der Waals surface area contributed by atoms with Crippen LogP contribution in [0.1, 0.15) is 56.2 Å². The molecule has 6 nitrogen and oxygen atoms in total. The lowest BCUT2D eigenvalue weighted by molar-refractivity contribution is -0.157. The molecule has 1 aliphatic heterocycles. The van der Waals surface area contributed by atoms with Crippen LogP contribution in [0.5, 0.6) is 0 Å². The molecule has 6 heteroatoms. The molecule has 1 amide bonds. The minimum Gasteiger partial charge on any atom is -0.379 e. The van der Waals surface area contributed by atoms with E-state index in [1.807, 2.05) is 25.1 Å². The molecule has 140 valence electrons. The first kappa shape index (κ1) is 18.4. The molecule has 0 radical (unpaired) electrons. The number of hydrogen-bond acceptors (Lipinski definition) is 4. The van der Waals surface area contributed by atoms with Gasteiger partial charge >= 0.3 is 0 Å². The van der Waals surface area contributed by atoms with Gasteiger partial charge in [0.25, 0.3) is 5.91 Å². The normalized spacial score (nSPS) is 25.6. The van der Waals surface area contributed by atoms with Gasteiger partial charge in [-0.05, 0) is 38.5 Å². The summed E-state index contributed by atoms with van der Waals surface area (Å²) in [5.74, 6) is 0.533. The monoisotopic (exact) mass is 348 g/mol. The Kier molecular flexibility index (Phi) is 5.79. The van der Waals surface area contributed by atoms with Crippen molar-refractivity contribution in [1.29, 1.82) is 0 Å². The van der Waals surface area contributed by atoms with Crippen molar-refractivity contribution in [1.82, 2.24) is 20.0 Å². The van der Waals surface area contributed by atoms with Crippen molar-refractivity contribution in [3.8, 4) is 0 Å². The third kappa shape index (κ3) is 4.42. The fourth-order valence-electron chi connectivity index (χ4n) is 4.31. The molecule has 2 heterocycles. The first-order valence-electron chi connectivity index (χ1n) is 9.69. The molecule has 2 N–H and O–H groups in total. The van der Waals surface area contributed by atoms with E-state index in [1.165, 1.54) is 32.1 Å². The van der Waals surface area contributed by atoms with Gasteiger partial charge < -0.3 is 15.3 Å². The molecule has 1 aromatic rings. The standard InChI is InChI=1S/C19H32N4O2/c1-15-17(13-22(2)21-15)11-20-14-19(25)9-6-10-23(18(19)24)12-16-7-4-3-5-8-16/h13,16,20,25H,3-12,14H2,1-2H3. The molecule has 1 saturated heterocycles. The summed E-state index contributed by atoms with van der Waals surface area (Å²) in [4.78, 5) is 14.8. The molecule has 2 fully saturated rings. The third-order valence-electron chi connectivity index (χ3n) is 5.76. The number of likely N-dealkylation sites (tertiary alicyclic amines) is 1. The summed E-state index contributed by atoms with van der Waals surface area (Å²) in [5, 5.41) is 18.5. The van der Waals surface area contributed by atoms with Crippen molar-refractivity contribution in [2.24, 2.45) is 13.0 Å². The van der Waals surface area contributed by atoms with E-state index >= 15 is 0 Å². The second-order valence-electron chi connectivity index (χ2n) is 7.91. The molecule has 25 heavy (non-hydrogen) atoms. The summed E-state index contributed by atoms with van der Waals surface area (Å²) in [6, 6.07) is 0. The van der Waals surface area contributed by atoms with E-state index in [0.29, 0.717) is 25.4 Å². The maximum atomic E-state index is 12.9. The van der Waals surface area contributed by atoms with Gasteiger partial charge in [-0.1, -0.05) is 19.3 Å². The van der Waals surface area contributed by atoms with Crippen LogP contribution in [0, 0.1) is 12.8 Å². The summed E-state index contributed by atoms with van der Waals surface area (Å²) in [6.07, 6.45) is 9.73. The maximum absolute atomic E-state index is 12.9. The van der Waals surface area contributed by atoms with E-state index in [0.717, 1.165) is 30.8 Å². The summed E-state index contributed by atoms with van der Waals surface area (Å²) >= 11 is 0. The SMILES string of the molecule is Cc1nn(C)cc1CNCC1(O)CCCN(CC2CCCCC2)C1=O. The van der Waals surface area contributed by atoms with Gasteiger partial charge in [0, 0.05) is 45.0 Å². The fourth-order valence-corrected chi connectivity index (χ4v) is 4.31. The van der Waals surface area contributed by atoms with Gasteiger partial charge in [-0.15, -0.1) is 0 Å². The highest BCUT2D eigenvalue weighted by molar-refractivity contribution is 5.86. The number of nitrogens with one attached hydrogen (secondary N) is 1. The Morgan fingerprint density at radius 1 is 1.32 bits per heavy atom. The summed E-state index contributed by atoms with van der Waals surface area (Å²) in [5.41, 5.74) is 0.826. The lowest BCUT2D eigenvalue weighted by Crippen LogP contribution is -2.58. The van der Waals surface area contributed by atoms with Crippen molar-refractivity contribution >= 4 is 5.91 Å². The van der Waals surface area contributed by atoms with Crippen molar-refractivity contribution in [2.45, 2.75) is 64.0 Å². The van der Waals surface area contributed by atoms with Crippen LogP contribution in [0.3, 0.4) is 0 Å². The second kappa shape index (κ2) is 7.87. The maximum Gasteiger partial charge on any atom is 0.255 e. The average Bonchev–Trinajstić information content (AvgIpc) is 2.91. The fraction of sp³-hybridized carbons (Fsp3) is 0.789. The van der Waals surface area contributed by atoms with Crippen LogP contribution in [0.25, 0.3) is 0 Å². The van der Waals surface area contributed by atoms with Gasteiger partial charge in [0.15, 0.2) is 5.60 Å². The first-order valence-corrected chi connectivity index (χ1v) is 9.69. The Labute approximate surface area is 150 Å². The van der Waals surface area contributed by atoms with Crippen molar-refractivity contribution in [2.75, 3.05) is 19.6 Å². The lowest BCUT2D eigenvalue weighted by Gasteiger charge is -2.40. The quantitative estimate of drug-likeness (QED) is 0.822. The predicted octanol–water partition coefficient (Wildman–Crippen LogP) is 1.75. The van der Waals surface area contributed by atoms with Crippen LogP contribution >= 0.6 is 0 Å². The number of carbonyl (C=O) groups is 1. The molecule has 2 aliphatic rings. The van der Waals surface area contributed by atoms with Crippen LogP contribution in [-0.2, 0) is 18.4 Å². The third-order valence-corrected chi connectivity index (χ3v) is 5.76. The lowest BCUT2D eigenvalue weighted by atomic mass is 9.86. The summed E-state index contributed by atoms with van der Waals surface area (Å²) in [6.45, 7) is 4.52. The highest BCUT2D eigenvalue weighted by atomic mass is 16.3. The minimum absolute atomic E-state index is 0.0836. The Balaban J connectivity index is 1.54. The van der Waals surface area contributed by atoms with E-state index in [9.17, 15) is 9.90 Å². The Bertz CT molecular complexity index is 594. The molecule has 1 aromatic heterocycles. The molecule has 1 atom stereocenters. The molecular formula is C19H32N4O2. The number of aliphatic hydroxyl groups is 1. The molecule has 3 rings (SSSR count). The van der Waals surface area contributed by atoms with E-state index in [2.05, 4.69) is 10.4 Å². The first-order chi connectivity index (χ1) is 12.0. The molecule has 1 unspecified atom stereocenters. The van der Waals surface area contributed by atoms with Gasteiger partial charge in [-0.2, -0.15) is 5.10 Å². The van der Waals surface area contributed by atoms with Crippen LogP contribution in [0.4, 0.5) is 0 Å².